The summed E-state index contributed by atoms with van der Waals surface area (Å²) in [5.41, 5.74) is 2.65. The number of benzene rings is 3. The molecule has 0 amide bonds. The summed E-state index contributed by atoms with van der Waals surface area (Å²) in [7, 11) is 0. The van der Waals surface area contributed by atoms with Crippen molar-refractivity contribution < 1.29 is 14.4 Å². The molecule has 0 bridgehead atoms. The average molecular weight is 339 g/mol. The molecule has 124 valence electrons. The number of hydrogen-bond donors (Lipinski definition) is 1. The summed E-state index contributed by atoms with van der Waals surface area (Å²) < 4.78 is 0. The zero-order valence-corrected chi connectivity index (χ0v) is 13.7. The first-order valence-electron chi connectivity index (χ1n) is 8.09. The molecule has 0 radical (unpaired) electrons. The number of hydrogen-bond acceptors (Lipinski definition) is 4. The highest BCUT2D eigenvalue weighted by molar-refractivity contribution is 6.30. The van der Waals surface area contributed by atoms with Gasteiger partial charge in [-0.1, -0.05) is 66.7 Å². The van der Waals surface area contributed by atoms with E-state index in [1.165, 1.54) is 0 Å². The van der Waals surface area contributed by atoms with Crippen LogP contribution in [-0.2, 0) is 4.79 Å². The van der Waals surface area contributed by atoms with E-state index in [9.17, 15) is 14.4 Å². The third kappa shape index (κ3) is 2.46. The zero-order chi connectivity index (χ0) is 18.1. The van der Waals surface area contributed by atoms with Crippen LogP contribution in [0.2, 0.25) is 0 Å². The lowest BCUT2D eigenvalue weighted by Crippen LogP contribution is -2.22. The van der Waals surface area contributed by atoms with Crippen molar-refractivity contribution in [1.29, 1.82) is 0 Å². The molecule has 1 N–H and O–H groups in total. The lowest BCUT2D eigenvalue weighted by atomic mass is 9.83. The van der Waals surface area contributed by atoms with Gasteiger partial charge in [0, 0.05) is 22.3 Å². The normalized spacial score (nSPS) is 12.0. The Bertz CT molecular complexity index is 1090. The minimum atomic E-state index is -0.239. The molecule has 0 aromatic heterocycles. The molecule has 1 aliphatic rings. The van der Waals surface area contributed by atoms with Crippen LogP contribution in [0, 0.1) is 0 Å². The quantitative estimate of drug-likeness (QED) is 0.578. The van der Waals surface area contributed by atoms with Crippen LogP contribution in [0.1, 0.15) is 37.4 Å². The van der Waals surface area contributed by atoms with Crippen LogP contribution in [0.15, 0.2) is 72.8 Å². The van der Waals surface area contributed by atoms with Gasteiger partial charge in [-0.15, -0.1) is 0 Å². The second-order valence-electron chi connectivity index (χ2n) is 5.90. The molecular weight excluding hydrogens is 326 g/mol. The first kappa shape index (κ1) is 15.8. The molecule has 0 unspecified atom stereocenters. The van der Waals surface area contributed by atoms with Gasteiger partial charge in [0.1, 0.15) is 5.70 Å². The van der Waals surface area contributed by atoms with E-state index in [1.54, 1.807) is 66.7 Å². The van der Waals surface area contributed by atoms with Crippen molar-refractivity contribution in [3.63, 3.8) is 0 Å². The molecule has 0 aliphatic heterocycles. The van der Waals surface area contributed by atoms with E-state index < -0.39 is 0 Å². The van der Waals surface area contributed by atoms with E-state index in [1.807, 2.05) is 12.0 Å². The van der Waals surface area contributed by atoms with Gasteiger partial charge in [0.25, 0.3) is 0 Å². The third-order valence-corrected chi connectivity index (χ3v) is 4.38. The van der Waals surface area contributed by atoms with Crippen molar-refractivity contribution in [3.05, 3.63) is 101 Å². The summed E-state index contributed by atoms with van der Waals surface area (Å²) in [6.07, 6.45) is 0. The smallest absolute Gasteiger partial charge is 0.196 e. The Morgan fingerprint density at radius 2 is 1.31 bits per heavy atom. The molecule has 0 spiro atoms. The van der Waals surface area contributed by atoms with Crippen molar-refractivity contribution in [2.24, 2.45) is 0 Å². The van der Waals surface area contributed by atoms with Crippen molar-refractivity contribution in [1.82, 2.24) is 0 Å². The molecule has 0 saturated carbocycles. The number of nitrogens with one attached hydrogen (secondary N) is 1. The molecule has 0 fully saturated rings. The standard InChI is InChI=1S/C22H13NO3/c24-13-19(14-7-2-1-3-8-14)23-18-12-6-11-17-20(18)22(26)16-10-5-4-9-15(16)21(17)25/h1-12,23H. The van der Waals surface area contributed by atoms with E-state index in [0.29, 0.717) is 27.9 Å². The molecule has 0 atom stereocenters. The summed E-state index contributed by atoms with van der Waals surface area (Å²) in [6.45, 7) is 0. The number of anilines is 1. The lowest BCUT2D eigenvalue weighted by Gasteiger charge is -2.20. The first-order chi connectivity index (χ1) is 12.7. The molecule has 0 heterocycles. The van der Waals surface area contributed by atoms with Crippen molar-refractivity contribution in [2.75, 3.05) is 5.32 Å². The van der Waals surface area contributed by atoms with Crippen LogP contribution >= 0.6 is 0 Å². The van der Waals surface area contributed by atoms with Gasteiger partial charge in [-0.2, -0.15) is 0 Å². The highest BCUT2D eigenvalue weighted by atomic mass is 16.1. The fourth-order valence-electron chi connectivity index (χ4n) is 3.15. The van der Waals surface area contributed by atoms with Gasteiger partial charge >= 0.3 is 0 Å². The van der Waals surface area contributed by atoms with Gasteiger partial charge in [0.05, 0.1) is 11.3 Å². The Morgan fingerprint density at radius 1 is 0.692 bits per heavy atom. The molecule has 4 nitrogen and oxygen atoms in total. The zero-order valence-electron chi connectivity index (χ0n) is 13.7. The summed E-state index contributed by atoms with van der Waals surface area (Å²) in [4.78, 5) is 37.2. The van der Waals surface area contributed by atoms with Crippen LogP contribution < -0.4 is 5.32 Å². The monoisotopic (exact) mass is 339 g/mol. The van der Waals surface area contributed by atoms with Crippen LogP contribution in [-0.4, -0.2) is 17.5 Å². The first-order valence-corrected chi connectivity index (χ1v) is 8.09. The fraction of sp³-hybridized carbons (Fsp3) is 0. The SMILES string of the molecule is O=C=C(Nc1cccc2c1C(=O)c1ccccc1C2=O)c1ccccc1. The maximum Gasteiger partial charge on any atom is 0.196 e. The summed E-state index contributed by atoms with van der Waals surface area (Å²) in [5, 5.41) is 2.97. The van der Waals surface area contributed by atoms with Crippen molar-refractivity contribution in [3.8, 4) is 0 Å². The highest BCUT2D eigenvalue weighted by Gasteiger charge is 2.31. The van der Waals surface area contributed by atoms with E-state index in [0.717, 1.165) is 0 Å². The minimum absolute atomic E-state index is 0.199. The second-order valence-corrected chi connectivity index (χ2v) is 5.90. The van der Waals surface area contributed by atoms with Gasteiger partial charge in [-0.05, 0) is 6.07 Å². The van der Waals surface area contributed by atoms with Gasteiger partial charge in [0.2, 0.25) is 0 Å². The Morgan fingerprint density at radius 3 is 2.00 bits per heavy atom. The lowest BCUT2D eigenvalue weighted by molar-refractivity contribution is 0.0979. The van der Waals surface area contributed by atoms with Crippen molar-refractivity contribution >= 4 is 28.9 Å². The number of rotatable bonds is 3. The van der Waals surface area contributed by atoms with Crippen LogP contribution in [0.25, 0.3) is 5.70 Å². The largest absolute Gasteiger partial charge is 0.345 e. The highest BCUT2D eigenvalue weighted by Crippen LogP contribution is 2.33. The number of fused-ring (bicyclic) bond motifs is 2. The second kappa shape index (κ2) is 6.28. The maximum atomic E-state index is 13.0. The predicted molar refractivity (Wildman–Crippen MR) is 98.9 cm³/mol. The minimum Gasteiger partial charge on any atom is -0.345 e. The Balaban J connectivity index is 1.83. The number of carbonyl (C=O) groups excluding carboxylic acids is 3. The van der Waals surface area contributed by atoms with Crippen molar-refractivity contribution in [2.45, 2.75) is 0 Å². The molecule has 4 rings (SSSR count). The molecule has 0 saturated heterocycles. The van der Waals surface area contributed by atoms with E-state index in [4.69, 9.17) is 0 Å². The molecule has 4 heteroatoms. The molecule has 26 heavy (non-hydrogen) atoms. The van der Waals surface area contributed by atoms with Gasteiger partial charge in [-0.25, -0.2) is 4.79 Å². The maximum absolute atomic E-state index is 13.0. The van der Waals surface area contributed by atoms with Gasteiger partial charge < -0.3 is 5.32 Å². The summed E-state index contributed by atoms with van der Waals surface area (Å²) >= 11 is 0. The van der Waals surface area contributed by atoms with Crippen LogP contribution in [0.4, 0.5) is 5.69 Å². The molecule has 1 aliphatic carbocycles. The average Bonchev–Trinajstić information content (AvgIpc) is 2.70. The van der Waals surface area contributed by atoms with Crippen LogP contribution in [0.3, 0.4) is 0 Å². The Hall–Kier alpha value is -3.75. The molecular formula is C22H13NO3. The Kier molecular flexibility index (Phi) is 3.81. The fourth-order valence-corrected chi connectivity index (χ4v) is 3.15. The van der Waals surface area contributed by atoms with Crippen LogP contribution in [0.5, 0.6) is 0 Å². The van der Waals surface area contributed by atoms with Gasteiger partial charge in [-0.3, -0.25) is 9.59 Å². The summed E-state index contributed by atoms with van der Waals surface area (Å²) in [6, 6.07) is 20.7. The third-order valence-electron chi connectivity index (χ3n) is 4.38. The number of ketones is 2. The summed E-state index contributed by atoms with van der Waals surface area (Å²) in [5.74, 6) is 1.44. The Labute approximate surface area is 149 Å². The number of carbonyl (C=O) groups is 2. The molecule has 3 aromatic rings. The van der Waals surface area contributed by atoms with E-state index in [-0.39, 0.29) is 22.8 Å². The van der Waals surface area contributed by atoms with Gasteiger partial charge in [0.15, 0.2) is 17.5 Å². The van der Waals surface area contributed by atoms with E-state index >= 15 is 0 Å². The predicted octanol–water partition coefficient (Wildman–Crippen LogP) is 3.75. The molecule has 3 aromatic carbocycles. The topological polar surface area (TPSA) is 63.2 Å². The van der Waals surface area contributed by atoms with E-state index in [2.05, 4.69) is 5.32 Å².